The third-order valence-electron chi connectivity index (χ3n) is 3.96. The van der Waals surface area contributed by atoms with Crippen molar-refractivity contribution in [3.63, 3.8) is 0 Å². The summed E-state index contributed by atoms with van der Waals surface area (Å²) in [5.74, 6) is 0.439. The first-order valence-electron chi connectivity index (χ1n) is 8.29. The molecule has 1 heterocycles. The van der Waals surface area contributed by atoms with Crippen LogP contribution in [0.3, 0.4) is 0 Å². The molecule has 0 saturated carbocycles. The number of hydrogen-bond acceptors (Lipinski definition) is 4. The standard InChI is InChI=1S/C20H18ClN3O3/c1-27-15-8-6-14(7-9-15)12-22-19(25)13-24-20(26)11-10-18(23-24)16-4-2-3-5-17(16)21/h2-11H,12-13H2,1H3,(H,22,25). The summed E-state index contributed by atoms with van der Waals surface area (Å²) in [6.07, 6.45) is 0. The topological polar surface area (TPSA) is 73.2 Å². The van der Waals surface area contributed by atoms with Gasteiger partial charge in [0.25, 0.3) is 5.56 Å². The van der Waals surface area contributed by atoms with Gasteiger partial charge in [0, 0.05) is 18.2 Å². The van der Waals surface area contributed by atoms with E-state index in [4.69, 9.17) is 16.3 Å². The lowest BCUT2D eigenvalue weighted by Gasteiger charge is -2.09. The predicted molar refractivity (Wildman–Crippen MR) is 104 cm³/mol. The molecule has 138 valence electrons. The first kappa shape index (κ1) is 18.7. The van der Waals surface area contributed by atoms with Crippen LogP contribution in [0.2, 0.25) is 5.02 Å². The van der Waals surface area contributed by atoms with Gasteiger partial charge in [-0.2, -0.15) is 5.10 Å². The van der Waals surface area contributed by atoms with Crippen molar-refractivity contribution < 1.29 is 9.53 Å². The second-order valence-electron chi connectivity index (χ2n) is 5.82. The zero-order valence-corrected chi connectivity index (χ0v) is 15.4. The van der Waals surface area contributed by atoms with Crippen LogP contribution in [-0.2, 0) is 17.9 Å². The molecule has 0 fully saturated rings. The summed E-state index contributed by atoms with van der Waals surface area (Å²) >= 11 is 6.18. The van der Waals surface area contributed by atoms with Gasteiger partial charge < -0.3 is 10.1 Å². The second kappa shape index (κ2) is 8.51. The van der Waals surface area contributed by atoms with E-state index in [0.717, 1.165) is 16.0 Å². The lowest BCUT2D eigenvalue weighted by atomic mass is 10.1. The summed E-state index contributed by atoms with van der Waals surface area (Å²) in [4.78, 5) is 24.3. The Balaban J connectivity index is 1.69. The van der Waals surface area contributed by atoms with Gasteiger partial charge in [-0.25, -0.2) is 4.68 Å². The average molecular weight is 384 g/mol. The highest BCUT2D eigenvalue weighted by Gasteiger charge is 2.10. The largest absolute Gasteiger partial charge is 0.497 e. The molecule has 0 saturated heterocycles. The van der Waals surface area contributed by atoms with Gasteiger partial charge in [-0.1, -0.05) is 41.9 Å². The molecule has 0 aliphatic carbocycles. The maximum Gasteiger partial charge on any atom is 0.267 e. The first-order chi connectivity index (χ1) is 13.1. The van der Waals surface area contributed by atoms with Gasteiger partial charge >= 0.3 is 0 Å². The van der Waals surface area contributed by atoms with Gasteiger partial charge in [-0.05, 0) is 29.8 Å². The minimum absolute atomic E-state index is 0.173. The van der Waals surface area contributed by atoms with Crippen LogP contribution in [0.1, 0.15) is 5.56 Å². The smallest absolute Gasteiger partial charge is 0.267 e. The van der Waals surface area contributed by atoms with E-state index >= 15 is 0 Å². The highest BCUT2D eigenvalue weighted by molar-refractivity contribution is 6.33. The third kappa shape index (κ3) is 4.74. The highest BCUT2D eigenvalue weighted by Crippen LogP contribution is 2.24. The van der Waals surface area contributed by atoms with E-state index < -0.39 is 0 Å². The van der Waals surface area contributed by atoms with Crippen LogP contribution in [0.15, 0.2) is 65.5 Å². The van der Waals surface area contributed by atoms with Crippen LogP contribution in [-0.4, -0.2) is 22.8 Å². The summed E-state index contributed by atoms with van der Waals surface area (Å²) in [7, 11) is 1.60. The molecule has 0 aliphatic rings. The van der Waals surface area contributed by atoms with Gasteiger partial charge in [-0.3, -0.25) is 9.59 Å². The molecular weight excluding hydrogens is 366 g/mol. The van der Waals surface area contributed by atoms with Crippen molar-refractivity contribution in [2.75, 3.05) is 7.11 Å². The summed E-state index contributed by atoms with van der Waals surface area (Å²) in [5.41, 5.74) is 1.80. The minimum Gasteiger partial charge on any atom is -0.497 e. The summed E-state index contributed by atoms with van der Waals surface area (Å²) in [5, 5.41) is 7.57. The number of nitrogens with zero attached hydrogens (tertiary/aromatic N) is 2. The van der Waals surface area contributed by atoms with Gasteiger partial charge in [0.2, 0.25) is 5.91 Å². The monoisotopic (exact) mass is 383 g/mol. The van der Waals surface area contributed by atoms with Crippen LogP contribution in [0, 0.1) is 0 Å². The van der Waals surface area contributed by atoms with E-state index in [1.54, 1.807) is 19.2 Å². The number of hydrogen-bond donors (Lipinski definition) is 1. The lowest BCUT2D eigenvalue weighted by molar-refractivity contribution is -0.122. The van der Waals surface area contributed by atoms with Crippen LogP contribution in [0.25, 0.3) is 11.3 Å². The van der Waals surface area contributed by atoms with Crippen LogP contribution in [0.5, 0.6) is 5.75 Å². The maximum absolute atomic E-state index is 12.2. The highest BCUT2D eigenvalue weighted by atomic mass is 35.5. The number of halogens is 1. The summed E-state index contributed by atoms with van der Waals surface area (Å²) in [6, 6.07) is 17.5. The minimum atomic E-state index is -0.356. The molecular formula is C20H18ClN3O3. The molecule has 0 radical (unpaired) electrons. The van der Waals surface area contributed by atoms with Gasteiger partial charge in [0.05, 0.1) is 17.8 Å². The molecule has 0 unspecified atom stereocenters. The molecule has 7 heteroatoms. The number of rotatable bonds is 6. The molecule has 2 aromatic carbocycles. The Kier molecular flexibility index (Phi) is 5.88. The molecule has 3 rings (SSSR count). The van der Waals surface area contributed by atoms with E-state index in [-0.39, 0.29) is 18.0 Å². The number of aromatic nitrogens is 2. The molecule has 0 aliphatic heterocycles. The van der Waals surface area contributed by atoms with Crippen molar-refractivity contribution >= 4 is 17.5 Å². The predicted octanol–water partition coefficient (Wildman–Crippen LogP) is 2.89. The molecule has 1 aromatic heterocycles. The molecule has 1 amide bonds. The Morgan fingerprint density at radius 1 is 1.11 bits per heavy atom. The molecule has 0 bridgehead atoms. The van der Waals surface area contributed by atoms with Crippen LogP contribution < -0.4 is 15.6 Å². The fourth-order valence-electron chi connectivity index (χ4n) is 2.51. The molecule has 0 atom stereocenters. The van der Waals surface area contributed by atoms with Crippen LogP contribution >= 0.6 is 11.6 Å². The number of carbonyl (C=O) groups is 1. The molecule has 1 N–H and O–H groups in total. The van der Waals surface area contributed by atoms with Crippen molar-refractivity contribution in [3.05, 3.63) is 81.6 Å². The summed E-state index contributed by atoms with van der Waals surface area (Å²) in [6.45, 7) is 0.176. The van der Waals surface area contributed by atoms with E-state index in [1.165, 1.54) is 6.07 Å². The third-order valence-corrected chi connectivity index (χ3v) is 4.29. The molecule has 27 heavy (non-hydrogen) atoms. The average Bonchev–Trinajstić information content (AvgIpc) is 2.69. The van der Waals surface area contributed by atoms with Gasteiger partial charge in [-0.15, -0.1) is 0 Å². The normalized spacial score (nSPS) is 10.4. The van der Waals surface area contributed by atoms with Crippen molar-refractivity contribution in [2.45, 2.75) is 13.1 Å². The number of nitrogens with one attached hydrogen (secondary N) is 1. The van der Waals surface area contributed by atoms with Crippen molar-refractivity contribution in [1.29, 1.82) is 0 Å². The second-order valence-corrected chi connectivity index (χ2v) is 6.23. The first-order valence-corrected chi connectivity index (χ1v) is 8.67. The maximum atomic E-state index is 12.2. The Hall–Kier alpha value is -3.12. The lowest BCUT2D eigenvalue weighted by Crippen LogP contribution is -2.33. The van der Waals surface area contributed by atoms with E-state index in [0.29, 0.717) is 22.8 Å². The van der Waals surface area contributed by atoms with Crippen LogP contribution in [0.4, 0.5) is 0 Å². The number of benzene rings is 2. The SMILES string of the molecule is COc1ccc(CNC(=O)Cn2nc(-c3ccccc3Cl)ccc2=O)cc1. The fraction of sp³-hybridized carbons (Fsp3) is 0.150. The van der Waals surface area contributed by atoms with E-state index in [1.807, 2.05) is 42.5 Å². The molecule has 0 spiro atoms. The zero-order chi connectivity index (χ0) is 19.2. The Morgan fingerprint density at radius 2 is 1.85 bits per heavy atom. The Labute approximate surface area is 161 Å². The van der Waals surface area contributed by atoms with Gasteiger partial charge in [0.15, 0.2) is 0 Å². The van der Waals surface area contributed by atoms with Crippen molar-refractivity contribution in [2.24, 2.45) is 0 Å². The van der Waals surface area contributed by atoms with E-state index in [2.05, 4.69) is 10.4 Å². The Bertz CT molecular complexity index is 1000. The number of carbonyl (C=O) groups excluding carboxylic acids is 1. The quantitative estimate of drug-likeness (QED) is 0.710. The number of ether oxygens (including phenoxy) is 1. The zero-order valence-electron chi connectivity index (χ0n) is 14.7. The molecule has 6 nitrogen and oxygen atoms in total. The van der Waals surface area contributed by atoms with Crippen molar-refractivity contribution in [3.8, 4) is 17.0 Å². The van der Waals surface area contributed by atoms with E-state index in [9.17, 15) is 9.59 Å². The molecule has 3 aromatic rings. The summed E-state index contributed by atoms with van der Waals surface area (Å²) < 4.78 is 6.23. The number of amides is 1. The van der Waals surface area contributed by atoms with Crippen molar-refractivity contribution in [1.82, 2.24) is 15.1 Å². The Morgan fingerprint density at radius 3 is 2.56 bits per heavy atom. The fourth-order valence-corrected chi connectivity index (χ4v) is 2.74. The number of methoxy groups -OCH3 is 1. The van der Waals surface area contributed by atoms with Gasteiger partial charge in [0.1, 0.15) is 12.3 Å².